The number of rotatable bonds is 4. The van der Waals surface area contributed by atoms with Crippen LogP contribution < -0.4 is 0 Å². The van der Waals surface area contributed by atoms with E-state index in [2.05, 4.69) is 15.3 Å². The van der Waals surface area contributed by atoms with Crippen molar-refractivity contribution in [1.29, 1.82) is 0 Å². The molecule has 1 aliphatic heterocycles. The van der Waals surface area contributed by atoms with Gasteiger partial charge in [-0.05, 0) is 0 Å². The first-order valence-electron chi connectivity index (χ1n) is 7.40. The fourth-order valence-electron chi connectivity index (χ4n) is 2.68. The second kappa shape index (κ2) is 6.63. The SMILES string of the molecule is CN(C)C(=O)c1cn(C[C@@H]2C[C@H](F)CN2C(=O)c2cscn2)nn1. The monoisotopic (exact) mass is 352 g/mol. The summed E-state index contributed by atoms with van der Waals surface area (Å²) >= 11 is 1.32. The molecule has 3 rings (SSSR count). The van der Waals surface area contributed by atoms with Crippen molar-refractivity contribution in [3.8, 4) is 0 Å². The van der Waals surface area contributed by atoms with E-state index in [1.807, 2.05) is 0 Å². The topological polar surface area (TPSA) is 84.2 Å². The summed E-state index contributed by atoms with van der Waals surface area (Å²) in [5, 5.41) is 9.39. The Kier molecular flexibility index (Phi) is 4.56. The second-order valence-corrected chi connectivity index (χ2v) is 6.56. The first-order valence-corrected chi connectivity index (χ1v) is 8.35. The first kappa shape index (κ1) is 16.5. The number of halogens is 1. The lowest BCUT2D eigenvalue weighted by Crippen LogP contribution is -2.38. The highest BCUT2D eigenvalue weighted by atomic mass is 32.1. The number of likely N-dealkylation sites (tertiary alicyclic amines) is 1. The van der Waals surface area contributed by atoms with Crippen LogP contribution in [0.5, 0.6) is 0 Å². The Hall–Kier alpha value is -2.36. The highest BCUT2D eigenvalue weighted by Gasteiger charge is 2.36. The van der Waals surface area contributed by atoms with E-state index < -0.39 is 6.17 Å². The van der Waals surface area contributed by atoms with E-state index in [4.69, 9.17) is 0 Å². The van der Waals surface area contributed by atoms with Crippen molar-refractivity contribution in [3.63, 3.8) is 0 Å². The smallest absolute Gasteiger partial charge is 0.275 e. The van der Waals surface area contributed by atoms with Crippen LogP contribution in [0.15, 0.2) is 17.1 Å². The molecule has 0 unspecified atom stereocenters. The van der Waals surface area contributed by atoms with Crippen LogP contribution in [0.2, 0.25) is 0 Å². The molecule has 0 spiro atoms. The minimum atomic E-state index is -1.08. The zero-order chi connectivity index (χ0) is 17.3. The predicted molar refractivity (Wildman–Crippen MR) is 84.5 cm³/mol. The number of aromatic nitrogens is 4. The van der Waals surface area contributed by atoms with Crippen LogP contribution in [0.4, 0.5) is 4.39 Å². The summed E-state index contributed by atoms with van der Waals surface area (Å²) in [5.41, 5.74) is 2.11. The molecule has 10 heteroatoms. The maximum atomic E-state index is 13.9. The standard InChI is InChI=1S/C14H17FN6O2S/c1-19(2)13(22)11-6-20(18-17-11)5-10-3-9(15)4-21(10)14(23)12-7-24-8-16-12/h6-10H,3-5H2,1-2H3/t9-,10-/m0/s1. The van der Waals surface area contributed by atoms with Crippen molar-refractivity contribution in [1.82, 2.24) is 29.8 Å². The van der Waals surface area contributed by atoms with Crippen LogP contribution in [-0.2, 0) is 6.54 Å². The Morgan fingerprint density at radius 2 is 2.21 bits per heavy atom. The van der Waals surface area contributed by atoms with Gasteiger partial charge < -0.3 is 9.80 Å². The molecular formula is C14H17FN6O2S. The lowest BCUT2D eigenvalue weighted by atomic mass is 10.2. The number of nitrogens with zero attached hydrogens (tertiary/aromatic N) is 6. The van der Waals surface area contributed by atoms with Crippen LogP contribution in [0.25, 0.3) is 0 Å². The van der Waals surface area contributed by atoms with E-state index in [-0.39, 0.29) is 43.1 Å². The Balaban J connectivity index is 1.73. The van der Waals surface area contributed by atoms with Crippen LogP contribution in [0, 0.1) is 0 Å². The molecule has 24 heavy (non-hydrogen) atoms. The number of hydrogen-bond acceptors (Lipinski definition) is 6. The molecule has 1 saturated heterocycles. The third-order valence-corrected chi connectivity index (χ3v) is 4.42. The summed E-state index contributed by atoms with van der Waals surface area (Å²) in [6, 6.07) is -0.349. The van der Waals surface area contributed by atoms with Gasteiger partial charge in [0, 0.05) is 25.9 Å². The molecule has 0 aromatic carbocycles. The number of hydrogen-bond donors (Lipinski definition) is 0. The van der Waals surface area contributed by atoms with Gasteiger partial charge in [0.05, 0.1) is 30.8 Å². The zero-order valence-corrected chi connectivity index (χ0v) is 14.1. The molecule has 2 aromatic rings. The average molecular weight is 352 g/mol. The van der Waals surface area contributed by atoms with E-state index in [1.54, 1.807) is 25.0 Å². The molecule has 2 aromatic heterocycles. The fraction of sp³-hybridized carbons (Fsp3) is 0.500. The largest absolute Gasteiger partial charge is 0.343 e. The summed E-state index contributed by atoms with van der Waals surface area (Å²) in [5.74, 6) is -0.544. The van der Waals surface area contributed by atoms with E-state index >= 15 is 0 Å². The van der Waals surface area contributed by atoms with E-state index in [1.165, 1.54) is 32.0 Å². The van der Waals surface area contributed by atoms with Gasteiger partial charge in [0.2, 0.25) is 0 Å². The van der Waals surface area contributed by atoms with Crippen molar-refractivity contribution in [2.24, 2.45) is 0 Å². The molecular weight excluding hydrogens is 335 g/mol. The van der Waals surface area contributed by atoms with Gasteiger partial charge in [-0.2, -0.15) is 0 Å². The van der Waals surface area contributed by atoms with Gasteiger partial charge in [-0.15, -0.1) is 16.4 Å². The van der Waals surface area contributed by atoms with E-state index in [0.29, 0.717) is 5.69 Å². The normalized spacial score (nSPS) is 20.4. The molecule has 0 radical (unpaired) electrons. The summed E-state index contributed by atoms with van der Waals surface area (Å²) in [7, 11) is 3.25. The van der Waals surface area contributed by atoms with Gasteiger partial charge in [-0.3, -0.25) is 9.59 Å². The predicted octanol–water partition coefficient (Wildman–Crippen LogP) is 0.689. The molecule has 2 atom stereocenters. The van der Waals surface area contributed by atoms with Crippen molar-refractivity contribution >= 4 is 23.2 Å². The molecule has 1 aliphatic rings. The number of carbonyl (C=O) groups is 2. The third kappa shape index (κ3) is 3.28. The third-order valence-electron chi connectivity index (χ3n) is 3.84. The first-order chi connectivity index (χ1) is 11.5. The molecule has 128 valence electrons. The summed E-state index contributed by atoms with van der Waals surface area (Å²) < 4.78 is 15.3. The van der Waals surface area contributed by atoms with Gasteiger partial charge in [0.15, 0.2) is 5.69 Å². The molecule has 0 bridgehead atoms. The summed E-state index contributed by atoms with van der Waals surface area (Å²) in [6.07, 6.45) is 0.663. The maximum absolute atomic E-state index is 13.9. The number of thiazole rings is 1. The molecule has 0 aliphatic carbocycles. The van der Waals surface area contributed by atoms with Gasteiger partial charge in [0.25, 0.3) is 11.8 Å². The van der Waals surface area contributed by atoms with Gasteiger partial charge in [-0.25, -0.2) is 14.1 Å². The maximum Gasteiger partial charge on any atom is 0.275 e. The molecule has 0 saturated carbocycles. The Bertz CT molecular complexity index is 731. The van der Waals surface area contributed by atoms with Gasteiger partial charge in [-0.1, -0.05) is 5.21 Å². The van der Waals surface area contributed by atoms with Crippen molar-refractivity contribution in [2.75, 3.05) is 20.6 Å². The number of alkyl halides is 1. The summed E-state index contributed by atoms with van der Waals surface area (Å²) in [4.78, 5) is 31.2. The molecule has 8 nitrogen and oxygen atoms in total. The van der Waals surface area contributed by atoms with E-state index in [9.17, 15) is 14.0 Å². The van der Waals surface area contributed by atoms with Crippen LogP contribution >= 0.6 is 11.3 Å². The molecule has 2 amide bonds. The minimum absolute atomic E-state index is 0.0409. The Morgan fingerprint density at radius 3 is 2.88 bits per heavy atom. The van der Waals surface area contributed by atoms with Crippen LogP contribution in [0.3, 0.4) is 0 Å². The molecule has 3 heterocycles. The zero-order valence-electron chi connectivity index (χ0n) is 13.3. The van der Waals surface area contributed by atoms with Crippen molar-refractivity contribution < 1.29 is 14.0 Å². The highest BCUT2D eigenvalue weighted by molar-refractivity contribution is 7.07. The minimum Gasteiger partial charge on any atom is -0.343 e. The van der Waals surface area contributed by atoms with Crippen molar-refractivity contribution in [2.45, 2.75) is 25.2 Å². The Morgan fingerprint density at radius 1 is 1.42 bits per heavy atom. The molecule has 0 N–H and O–H groups in total. The van der Waals surface area contributed by atoms with E-state index in [0.717, 1.165) is 0 Å². The molecule has 1 fully saturated rings. The van der Waals surface area contributed by atoms with Crippen molar-refractivity contribution in [3.05, 3.63) is 28.5 Å². The Labute approximate surface area is 141 Å². The lowest BCUT2D eigenvalue weighted by Gasteiger charge is -2.23. The quantitative estimate of drug-likeness (QED) is 0.808. The fourth-order valence-corrected chi connectivity index (χ4v) is 3.20. The number of carbonyl (C=O) groups excluding carboxylic acids is 2. The summed E-state index contributed by atoms with van der Waals surface area (Å²) in [6.45, 7) is 0.323. The van der Waals surface area contributed by atoms with Crippen LogP contribution in [0.1, 0.15) is 27.4 Å². The average Bonchev–Trinajstić information content (AvgIpc) is 3.27. The van der Waals surface area contributed by atoms with Gasteiger partial charge in [0.1, 0.15) is 11.9 Å². The highest BCUT2D eigenvalue weighted by Crippen LogP contribution is 2.24. The lowest BCUT2D eigenvalue weighted by molar-refractivity contribution is 0.0708. The van der Waals surface area contributed by atoms with Crippen LogP contribution in [-0.4, -0.2) is 74.4 Å². The van der Waals surface area contributed by atoms with Gasteiger partial charge >= 0.3 is 0 Å². The second-order valence-electron chi connectivity index (χ2n) is 5.84. The number of amides is 2.